The number of aryl methyl sites for hydroxylation is 1. The van der Waals surface area contributed by atoms with E-state index in [2.05, 4.69) is 23.8 Å². The van der Waals surface area contributed by atoms with E-state index in [0.717, 1.165) is 12.1 Å². The van der Waals surface area contributed by atoms with Crippen LogP contribution in [0.1, 0.15) is 43.9 Å². The molecule has 0 aromatic carbocycles. The van der Waals surface area contributed by atoms with Gasteiger partial charge in [0, 0.05) is 11.1 Å². The second kappa shape index (κ2) is 2.84. The van der Waals surface area contributed by atoms with Crippen molar-refractivity contribution in [1.82, 2.24) is 9.97 Å². The van der Waals surface area contributed by atoms with Gasteiger partial charge in [-0.15, -0.1) is 0 Å². The Labute approximate surface area is 78.2 Å². The molecular formula is C10H16N2O. The molecule has 1 aliphatic carbocycles. The van der Waals surface area contributed by atoms with Crippen molar-refractivity contribution in [3.63, 3.8) is 0 Å². The normalized spacial score (nSPS) is 19.9. The van der Waals surface area contributed by atoms with Gasteiger partial charge in [-0.1, -0.05) is 13.8 Å². The summed E-state index contributed by atoms with van der Waals surface area (Å²) in [6, 6.07) is 0. The monoisotopic (exact) mass is 180 g/mol. The van der Waals surface area contributed by atoms with Gasteiger partial charge in [0.1, 0.15) is 12.4 Å². The highest BCUT2D eigenvalue weighted by Gasteiger charge is 2.30. The van der Waals surface area contributed by atoms with Gasteiger partial charge in [0.15, 0.2) is 0 Å². The third-order valence-corrected chi connectivity index (χ3v) is 2.85. The van der Waals surface area contributed by atoms with Crippen LogP contribution < -0.4 is 0 Å². The van der Waals surface area contributed by atoms with E-state index in [1.807, 2.05) is 0 Å². The van der Waals surface area contributed by atoms with Crippen molar-refractivity contribution >= 4 is 0 Å². The third-order valence-electron chi connectivity index (χ3n) is 2.85. The van der Waals surface area contributed by atoms with Gasteiger partial charge in [-0.25, -0.2) is 4.98 Å². The number of nitrogens with one attached hydrogen (secondary N) is 1. The van der Waals surface area contributed by atoms with Crippen molar-refractivity contribution in [2.24, 2.45) is 0 Å². The summed E-state index contributed by atoms with van der Waals surface area (Å²) in [5.74, 6) is 0.708. The molecule has 2 rings (SSSR count). The van der Waals surface area contributed by atoms with Gasteiger partial charge in [0.2, 0.25) is 0 Å². The van der Waals surface area contributed by atoms with Crippen LogP contribution >= 0.6 is 0 Å². The van der Waals surface area contributed by atoms with E-state index in [9.17, 15) is 0 Å². The molecule has 13 heavy (non-hydrogen) atoms. The molecule has 1 aromatic rings. The number of aromatic amines is 1. The minimum atomic E-state index is 0.0169. The Hall–Kier alpha value is -0.830. The number of nitrogens with zero attached hydrogens (tertiary/aromatic N) is 1. The summed E-state index contributed by atoms with van der Waals surface area (Å²) in [5.41, 5.74) is 2.56. The second-order valence-electron chi connectivity index (χ2n) is 4.41. The van der Waals surface area contributed by atoms with E-state index >= 15 is 0 Å². The van der Waals surface area contributed by atoms with Gasteiger partial charge in [0.05, 0.1) is 5.69 Å². The van der Waals surface area contributed by atoms with Crippen LogP contribution in [0.5, 0.6) is 0 Å². The molecule has 0 spiro atoms. The van der Waals surface area contributed by atoms with Crippen molar-refractivity contribution < 1.29 is 5.11 Å². The smallest absolute Gasteiger partial charge is 0.132 e. The van der Waals surface area contributed by atoms with Crippen molar-refractivity contribution in [3.8, 4) is 0 Å². The van der Waals surface area contributed by atoms with Gasteiger partial charge in [-0.3, -0.25) is 0 Å². The van der Waals surface area contributed by atoms with Crippen LogP contribution in [0.3, 0.4) is 0 Å². The molecule has 0 unspecified atom stereocenters. The van der Waals surface area contributed by atoms with E-state index in [0.29, 0.717) is 5.82 Å². The predicted octanol–water partition coefficient (Wildman–Crippen LogP) is 1.52. The summed E-state index contributed by atoms with van der Waals surface area (Å²) < 4.78 is 0. The molecular weight excluding hydrogens is 164 g/mol. The maximum Gasteiger partial charge on any atom is 0.132 e. The summed E-state index contributed by atoms with van der Waals surface area (Å²) in [6.45, 7) is 4.45. The van der Waals surface area contributed by atoms with Crippen molar-refractivity contribution in [2.75, 3.05) is 0 Å². The first-order chi connectivity index (χ1) is 6.13. The Morgan fingerprint density at radius 1 is 1.54 bits per heavy atom. The fourth-order valence-electron chi connectivity index (χ4n) is 2.10. The number of aliphatic hydroxyl groups excluding tert-OH is 1. The molecule has 0 atom stereocenters. The molecule has 0 saturated heterocycles. The zero-order valence-corrected chi connectivity index (χ0v) is 8.22. The van der Waals surface area contributed by atoms with Crippen LogP contribution in [-0.4, -0.2) is 15.1 Å². The number of hydrogen-bond donors (Lipinski definition) is 2. The van der Waals surface area contributed by atoms with Gasteiger partial charge in [-0.2, -0.15) is 0 Å². The number of fused-ring (bicyclic) bond motifs is 1. The SMILES string of the molecule is CC1(C)CCCc2[nH]c(CO)nc21. The largest absolute Gasteiger partial charge is 0.388 e. The van der Waals surface area contributed by atoms with Gasteiger partial charge in [0.25, 0.3) is 0 Å². The lowest BCUT2D eigenvalue weighted by Crippen LogP contribution is -2.23. The summed E-state index contributed by atoms with van der Waals surface area (Å²) in [5, 5.41) is 8.96. The molecule has 1 heterocycles. The summed E-state index contributed by atoms with van der Waals surface area (Å²) in [7, 11) is 0. The first-order valence-electron chi connectivity index (χ1n) is 4.82. The highest BCUT2D eigenvalue weighted by molar-refractivity contribution is 5.25. The molecule has 3 heteroatoms. The van der Waals surface area contributed by atoms with Crippen LogP contribution in [0.4, 0.5) is 0 Å². The number of imidazole rings is 1. The van der Waals surface area contributed by atoms with E-state index < -0.39 is 0 Å². The van der Waals surface area contributed by atoms with Crippen molar-refractivity contribution in [3.05, 3.63) is 17.2 Å². The zero-order valence-electron chi connectivity index (χ0n) is 8.22. The molecule has 0 amide bonds. The Morgan fingerprint density at radius 2 is 2.31 bits per heavy atom. The molecule has 1 aromatic heterocycles. The Morgan fingerprint density at radius 3 is 2.92 bits per heavy atom. The highest BCUT2D eigenvalue weighted by atomic mass is 16.3. The number of hydrogen-bond acceptors (Lipinski definition) is 2. The molecule has 3 nitrogen and oxygen atoms in total. The molecule has 2 N–H and O–H groups in total. The molecule has 0 bridgehead atoms. The zero-order chi connectivity index (χ0) is 9.47. The number of aliphatic hydroxyl groups is 1. The number of rotatable bonds is 1. The Balaban J connectivity index is 2.44. The number of H-pyrrole nitrogens is 1. The van der Waals surface area contributed by atoms with E-state index in [4.69, 9.17) is 5.11 Å². The van der Waals surface area contributed by atoms with E-state index in [1.165, 1.54) is 18.5 Å². The summed E-state index contributed by atoms with van der Waals surface area (Å²) in [6.07, 6.45) is 3.48. The van der Waals surface area contributed by atoms with Crippen LogP contribution in [0.25, 0.3) is 0 Å². The first-order valence-corrected chi connectivity index (χ1v) is 4.82. The molecule has 0 radical (unpaired) electrons. The molecule has 0 fully saturated rings. The summed E-state index contributed by atoms with van der Waals surface area (Å²) >= 11 is 0. The Kier molecular flexibility index (Phi) is 1.91. The van der Waals surface area contributed by atoms with Gasteiger partial charge in [-0.05, 0) is 19.3 Å². The number of aromatic nitrogens is 2. The lowest BCUT2D eigenvalue weighted by molar-refractivity contribution is 0.272. The van der Waals surface area contributed by atoms with Crippen molar-refractivity contribution in [2.45, 2.75) is 45.1 Å². The average Bonchev–Trinajstić information content (AvgIpc) is 2.48. The molecule has 1 aliphatic rings. The third kappa shape index (κ3) is 1.37. The predicted molar refractivity (Wildman–Crippen MR) is 50.5 cm³/mol. The quantitative estimate of drug-likeness (QED) is 0.688. The van der Waals surface area contributed by atoms with Gasteiger partial charge < -0.3 is 10.1 Å². The average molecular weight is 180 g/mol. The fraction of sp³-hybridized carbons (Fsp3) is 0.700. The van der Waals surface area contributed by atoms with Crippen LogP contribution in [0.15, 0.2) is 0 Å². The van der Waals surface area contributed by atoms with Crippen LogP contribution in [0, 0.1) is 0 Å². The maximum atomic E-state index is 8.96. The van der Waals surface area contributed by atoms with E-state index in [-0.39, 0.29) is 12.0 Å². The second-order valence-corrected chi connectivity index (χ2v) is 4.41. The topological polar surface area (TPSA) is 48.9 Å². The first kappa shape index (κ1) is 8.75. The Bertz CT molecular complexity index is 315. The van der Waals surface area contributed by atoms with Crippen molar-refractivity contribution in [1.29, 1.82) is 0 Å². The lowest BCUT2D eigenvalue weighted by Gasteiger charge is -2.27. The lowest BCUT2D eigenvalue weighted by atomic mass is 9.78. The molecule has 0 aliphatic heterocycles. The minimum Gasteiger partial charge on any atom is -0.388 e. The van der Waals surface area contributed by atoms with Crippen LogP contribution in [-0.2, 0) is 18.4 Å². The highest BCUT2D eigenvalue weighted by Crippen LogP contribution is 2.34. The maximum absolute atomic E-state index is 8.96. The molecule has 0 saturated carbocycles. The van der Waals surface area contributed by atoms with Gasteiger partial charge >= 0.3 is 0 Å². The molecule has 72 valence electrons. The van der Waals surface area contributed by atoms with Crippen LogP contribution in [0.2, 0.25) is 0 Å². The summed E-state index contributed by atoms with van der Waals surface area (Å²) in [4.78, 5) is 7.59. The van der Waals surface area contributed by atoms with E-state index in [1.54, 1.807) is 0 Å². The standard InChI is InChI=1S/C10H16N2O/c1-10(2)5-3-4-7-9(10)12-8(6-13)11-7/h13H,3-6H2,1-2H3,(H,11,12). The minimum absolute atomic E-state index is 0.0169. The fourth-order valence-corrected chi connectivity index (χ4v) is 2.10.